The van der Waals surface area contributed by atoms with Crippen molar-refractivity contribution in [2.75, 3.05) is 0 Å². The summed E-state index contributed by atoms with van der Waals surface area (Å²) in [5.41, 5.74) is 15.4. The Kier molecular flexibility index (Phi) is 6.93. The van der Waals surface area contributed by atoms with Crippen LogP contribution in [0.15, 0.2) is 212 Å². The maximum Gasteiger partial charge on any atom is 0.0619 e. The van der Waals surface area contributed by atoms with Crippen LogP contribution in [-0.4, -0.2) is 13.7 Å². The van der Waals surface area contributed by atoms with Crippen molar-refractivity contribution in [2.45, 2.75) is 0 Å². The summed E-state index contributed by atoms with van der Waals surface area (Å²) in [5, 5.41) is 7.51. The highest BCUT2D eigenvalue weighted by Gasteiger charge is 2.20. The standard InChI is InChI=1S/C54H35N3/c1-3-15-39(16-4-1)56-51-25-13-9-21-44(51)46-32-29-37(35-53(46)56)38-33-47(54-48(34-38)45-22-10-14-26-52(45)57(54)40-17-5-2-6-18-40)36-27-30-41(31-28-36)55-49-23-11-7-19-42(49)43-20-8-12-24-50(43)55/h1-35H. The molecule has 0 fully saturated rings. The molecule has 12 rings (SSSR count). The number of para-hydroxylation sites is 6. The lowest BCUT2D eigenvalue weighted by Crippen LogP contribution is -1.97. The minimum atomic E-state index is 1.14. The summed E-state index contributed by atoms with van der Waals surface area (Å²) in [6.45, 7) is 0. The van der Waals surface area contributed by atoms with Gasteiger partial charge in [-0.25, -0.2) is 0 Å². The van der Waals surface area contributed by atoms with E-state index < -0.39 is 0 Å². The number of hydrogen-bond acceptors (Lipinski definition) is 0. The van der Waals surface area contributed by atoms with Crippen molar-refractivity contribution in [1.82, 2.24) is 13.7 Å². The van der Waals surface area contributed by atoms with E-state index >= 15 is 0 Å². The Morgan fingerprint density at radius 2 is 0.632 bits per heavy atom. The Morgan fingerprint density at radius 3 is 1.19 bits per heavy atom. The lowest BCUT2D eigenvalue weighted by molar-refractivity contribution is 1.17. The molecule has 0 aliphatic rings. The second-order valence-electron chi connectivity index (χ2n) is 14.9. The van der Waals surface area contributed by atoms with Gasteiger partial charge in [0.25, 0.3) is 0 Å². The lowest BCUT2D eigenvalue weighted by atomic mass is 9.94. The van der Waals surface area contributed by atoms with E-state index in [-0.39, 0.29) is 0 Å². The lowest BCUT2D eigenvalue weighted by Gasteiger charge is -2.15. The van der Waals surface area contributed by atoms with E-state index in [2.05, 4.69) is 226 Å². The SMILES string of the molecule is c1ccc(-n2c3ccccc3c3ccc(-c4cc(-c5ccc(-n6c7ccccc7c7ccccc76)cc5)c5c(c4)c4ccccc4n5-c4ccccc4)cc32)cc1. The van der Waals surface area contributed by atoms with Gasteiger partial charge in [0.2, 0.25) is 0 Å². The van der Waals surface area contributed by atoms with Crippen LogP contribution in [0, 0.1) is 0 Å². The normalized spacial score (nSPS) is 11.9. The van der Waals surface area contributed by atoms with Crippen molar-refractivity contribution >= 4 is 65.4 Å². The van der Waals surface area contributed by atoms with Crippen molar-refractivity contribution in [3.63, 3.8) is 0 Å². The Labute approximate surface area is 329 Å². The quantitative estimate of drug-likeness (QED) is 0.168. The third kappa shape index (κ3) is 4.79. The van der Waals surface area contributed by atoms with Crippen molar-refractivity contribution in [3.05, 3.63) is 212 Å². The predicted molar refractivity (Wildman–Crippen MR) is 240 cm³/mol. The first-order valence-corrected chi connectivity index (χ1v) is 19.6. The molecule has 0 bridgehead atoms. The van der Waals surface area contributed by atoms with Gasteiger partial charge in [0, 0.05) is 54.9 Å². The molecule has 0 atom stereocenters. The zero-order valence-electron chi connectivity index (χ0n) is 31.0. The largest absolute Gasteiger partial charge is 0.309 e. The second kappa shape index (κ2) is 12.5. The Morgan fingerprint density at radius 1 is 0.228 bits per heavy atom. The molecule has 0 spiro atoms. The molecule has 0 saturated carbocycles. The first-order chi connectivity index (χ1) is 28.3. The van der Waals surface area contributed by atoms with Crippen LogP contribution in [0.5, 0.6) is 0 Å². The van der Waals surface area contributed by atoms with E-state index in [1.165, 1.54) is 87.7 Å². The molecule has 0 radical (unpaired) electrons. The zero-order chi connectivity index (χ0) is 37.5. The summed E-state index contributed by atoms with van der Waals surface area (Å²) in [6, 6.07) is 77.5. The van der Waals surface area contributed by atoms with Crippen molar-refractivity contribution in [1.29, 1.82) is 0 Å². The summed E-state index contributed by atoms with van der Waals surface area (Å²) in [4.78, 5) is 0. The predicted octanol–water partition coefficient (Wildman–Crippen LogP) is 14.3. The fourth-order valence-electron chi connectivity index (χ4n) is 9.33. The third-order valence-corrected chi connectivity index (χ3v) is 11.8. The van der Waals surface area contributed by atoms with Crippen LogP contribution in [0.4, 0.5) is 0 Å². The minimum Gasteiger partial charge on any atom is -0.309 e. The van der Waals surface area contributed by atoms with E-state index in [0.29, 0.717) is 0 Å². The molecular weight excluding hydrogens is 691 g/mol. The summed E-state index contributed by atoms with van der Waals surface area (Å²) in [6.07, 6.45) is 0. The van der Waals surface area contributed by atoms with E-state index in [9.17, 15) is 0 Å². The van der Waals surface area contributed by atoms with E-state index in [1.807, 2.05) is 0 Å². The molecular formula is C54H35N3. The molecule has 0 unspecified atom stereocenters. The second-order valence-corrected chi connectivity index (χ2v) is 14.9. The molecule has 3 heterocycles. The number of fused-ring (bicyclic) bond motifs is 9. The highest BCUT2D eigenvalue weighted by atomic mass is 15.0. The first-order valence-electron chi connectivity index (χ1n) is 19.6. The molecule has 0 aliphatic heterocycles. The number of rotatable bonds is 5. The van der Waals surface area contributed by atoms with Crippen LogP contribution >= 0.6 is 0 Å². The molecule has 57 heavy (non-hydrogen) atoms. The van der Waals surface area contributed by atoms with Crippen molar-refractivity contribution in [2.24, 2.45) is 0 Å². The molecule has 266 valence electrons. The topological polar surface area (TPSA) is 14.8 Å². The number of nitrogens with zero attached hydrogens (tertiary/aromatic N) is 3. The molecule has 0 amide bonds. The highest BCUT2D eigenvalue weighted by molar-refractivity contribution is 6.16. The van der Waals surface area contributed by atoms with Crippen LogP contribution < -0.4 is 0 Å². The molecule has 12 aromatic rings. The van der Waals surface area contributed by atoms with E-state index in [4.69, 9.17) is 0 Å². The average molecular weight is 726 g/mol. The summed E-state index contributed by atoms with van der Waals surface area (Å²) in [7, 11) is 0. The zero-order valence-corrected chi connectivity index (χ0v) is 31.0. The van der Waals surface area contributed by atoms with E-state index in [1.54, 1.807) is 0 Å². The molecule has 0 N–H and O–H groups in total. The van der Waals surface area contributed by atoms with Crippen molar-refractivity contribution < 1.29 is 0 Å². The molecule has 3 aromatic heterocycles. The van der Waals surface area contributed by atoms with Crippen LogP contribution in [0.2, 0.25) is 0 Å². The van der Waals surface area contributed by atoms with Crippen LogP contribution in [0.1, 0.15) is 0 Å². The summed E-state index contributed by atoms with van der Waals surface area (Å²) < 4.78 is 7.24. The Bertz CT molecular complexity index is 3440. The van der Waals surface area contributed by atoms with Crippen molar-refractivity contribution in [3.8, 4) is 39.3 Å². The van der Waals surface area contributed by atoms with Gasteiger partial charge in [0.15, 0.2) is 0 Å². The van der Waals surface area contributed by atoms with Crippen LogP contribution in [0.25, 0.3) is 105 Å². The third-order valence-electron chi connectivity index (χ3n) is 11.8. The molecule has 0 saturated heterocycles. The first kappa shape index (κ1) is 31.7. The number of aromatic nitrogens is 3. The molecule has 3 nitrogen and oxygen atoms in total. The minimum absolute atomic E-state index is 1.14. The van der Waals surface area contributed by atoms with E-state index in [0.717, 1.165) is 17.1 Å². The van der Waals surface area contributed by atoms with Gasteiger partial charge in [0.05, 0.1) is 33.1 Å². The summed E-state index contributed by atoms with van der Waals surface area (Å²) >= 11 is 0. The maximum absolute atomic E-state index is 2.45. The summed E-state index contributed by atoms with van der Waals surface area (Å²) in [5.74, 6) is 0. The van der Waals surface area contributed by atoms with Crippen LogP contribution in [-0.2, 0) is 0 Å². The van der Waals surface area contributed by atoms with Gasteiger partial charge in [-0.05, 0) is 95.6 Å². The average Bonchev–Trinajstić information content (AvgIpc) is 3.92. The van der Waals surface area contributed by atoms with Gasteiger partial charge in [0.1, 0.15) is 0 Å². The molecule has 9 aromatic carbocycles. The number of benzene rings is 9. The maximum atomic E-state index is 2.45. The monoisotopic (exact) mass is 725 g/mol. The fraction of sp³-hybridized carbons (Fsp3) is 0. The van der Waals surface area contributed by atoms with Gasteiger partial charge < -0.3 is 13.7 Å². The molecule has 0 aliphatic carbocycles. The van der Waals surface area contributed by atoms with Gasteiger partial charge in [-0.3, -0.25) is 0 Å². The van der Waals surface area contributed by atoms with Gasteiger partial charge in [-0.2, -0.15) is 0 Å². The van der Waals surface area contributed by atoms with Gasteiger partial charge >= 0.3 is 0 Å². The smallest absolute Gasteiger partial charge is 0.0619 e. The molecule has 3 heteroatoms. The van der Waals surface area contributed by atoms with Gasteiger partial charge in [-0.1, -0.05) is 133 Å². The Balaban J connectivity index is 1.12. The highest BCUT2D eigenvalue weighted by Crippen LogP contribution is 2.43. The Hall–Kier alpha value is -7.62. The van der Waals surface area contributed by atoms with Gasteiger partial charge in [-0.15, -0.1) is 0 Å². The number of hydrogen-bond donors (Lipinski definition) is 0. The fourth-order valence-corrected chi connectivity index (χ4v) is 9.33. The van der Waals surface area contributed by atoms with Crippen LogP contribution in [0.3, 0.4) is 0 Å².